The summed E-state index contributed by atoms with van der Waals surface area (Å²) in [5.74, 6) is 0.304. The van der Waals surface area contributed by atoms with Crippen LogP contribution in [0.25, 0.3) is 10.9 Å². The van der Waals surface area contributed by atoms with E-state index in [1.807, 2.05) is 6.92 Å². The molecule has 2 heterocycles. The quantitative estimate of drug-likeness (QED) is 0.390. The van der Waals surface area contributed by atoms with E-state index in [2.05, 4.69) is 5.32 Å². The van der Waals surface area contributed by atoms with E-state index in [0.29, 0.717) is 35.4 Å². The number of hydrogen-bond acceptors (Lipinski definition) is 7. The van der Waals surface area contributed by atoms with Crippen LogP contribution in [0.4, 0.5) is 10.5 Å². The second-order valence-corrected chi connectivity index (χ2v) is 8.16. The van der Waals surface area contributed by atoms with E-state index in [4.69, 9.17) is 19.9 Å². The number of amides is 2. The fraction of sp³-hybridized carbons (Fsp3) is 0.500. The number of likely N-dealkylation sites (tertiary alicyclic amines) is 1. The number of pyridine rings is 1. The van der Waals surface area contributed by atoms with E-state index >= 15 is 0 Å². The zero-order valence-corrected chi connectivity index (χ0v) is 19.0. The zero-order valence-electron chi connectivity index (χ0n) is 19.0. The highest BCUT2D eigenvalue weighted by molar-refractivity contribution is 5.89. The Hall–Kier alpha value is -3.47. The highest BCUT2D eigenvalue weighted by atomic mass is 16.5. The minimum absolute atomic E-state index is 0.0305. The lowest BCUT2D eigenvalue weighted by atomic mass is 9.98. The summed E-state index contributed by atoms with van der Waals surface area (Å²) >= 11 is 0. The monoisotopic (exact) mass is 462 g/mol. The molecule has 0 radical (unpaired) electrons. The molecule has 0 bridgehead atoms. The number of piperidine rings is 1. The van der Waals surface area contributed by atoms with Gasteiger partial charge in [0, 0.05) is 37.8 Å². The minimum Gasteiger partial charge on any atom is -0.489 e. The van der Waals surface area contributed by atoms with E-state index in [1.165, 1.54) is 22.6 Å². The first kappa shape index (κ1) is 24.2. The van der Waals surface area contributed by atoms with Crippen molar-refractivity contribution in [1.29, 1.82) is 0 Å². The topological polar surface area (TPSA) is 145 Å². The number of hydrogen-bond donors (Lipinski definition) is 3. The molecule has 2 aromatic rings. The number of rotatable bonds is 8. The molecule has 1 aromatic carbocycles. The number of aryl methyl sites for hydroxylation is 1. The SMILES string of the molecule is CNC(=O)COc1cc2cc(N)cc(OCCO[C@@H]3C[C@H](C)CN(C(=O)O)C3)c2n(C)c1=O. The number of carbonyl (C=O) groups is 2. The van der Waals surface area contributed by atoms with Crippen molar-refractivity contribution >= 4 is 28.6 Å². The molecule has 4 N–H and O–H groups in total. The van der Waals surface area contributed by atoms with Gasteiger partial charge in [-0.1, -0.05) is 6.92 Å². The maximum atomic E-state index is 12.7. The van der Waals surface area contributed by atoms with Crippen LogP contribution >= 0.6 is 0 Å². The average molecular weight is 463 g/mol. The Kier molecular flexibility index (Phi) is 7.64. The number of aromatic nitrogens is 1. The van der Waals surface area contributed by atoms with Gasteiger partial charge in [-0.2, -0.15) is 0 Å². The molecule has 2 amide bonds. The average Bonchev–Trinajstić information content (AvgIpc) is 2.77. The van der Waals surface area contributed by atoms with Gasteiger partial charge in [0.15, 0.2) is 12.4 Å². The first-order valence-electron chi connectivity index (χ1n) is 10.7. The predicted molar refractivity (Wildman–Crippen MR) is 122 cm³/mol. The third-order valence-corrected chi connectivity index (χ3v) is 5.49. The number of fused-ring (bicyclic) bond motifs is 1. The molecule has 1 aliphatic rings. The van der Waals surface area contributed by atoms with Gasteiger partial charge in [-0.3, -0.25) is 9.59 Å². The summed E-state index contributed by atoms with van der Waals surface area (Å²) in [6.07, 6.45) is -0.370. The first-order valence-corrected chi connectivity index (χ1v) is 10.7. The Morgan fingerprint density at radius 3 is 2.64 bits per heavy atom. The van der Waals surface area contributed by atoms with Gasteiger partial charge in [-0.25, -0.2) is 4.79 Å². The van der Waals surface area contributed by atoms with Gasteiger partial charge >= 0.3 is 6.09 Å². The normalized spacial score (nSPS) is 18.2. The molecule has 0 aliphatic carbocycles. The molecule has 1 fully saturated rings. The van der Waals surface area contributed by atoms with Crippen LogP contribution in [0, 0.1) is 5.92 Å². The van der Waals surface area contributed by atoms with Crippen molar-refractivity contribution in [3.63, 3.8) is 0 Å². The number of likely N-dealkylation sites (N-methyl/N-ethyl adjacent to an activating group) is 1. The molecule has 0 saturated carbocycles. The maximum absolute atomic E-state index is 12.7. The molecular formula is C22H30N4O7. The molecule has 11 heteroatoms. The highest BCUT2D eigenvalue weighted by Crippen LogP contribution is 2.29. The number of nitrogen functional groups attached to an aromatic ring is 1. The van der Waals surface area contributed by atoms with Crippen LogP contribution in [-0.2, 0) is 16.6 Å². The van der Waals surface area contributed by atoms with Crippen LogP contribution in [-0.4, -0.2) is 72.6 Å². The Bertz CT molecular complexity index is 1080. The van der Waals surface area contributed by atoms with E-state index < -0.39 is 11.7 Å². The molecule has 1 aliphatic heterocycles. The second-order valence-electron chi connectivity index (χ2n) is 8.16. The van der Waals surface area contributed by atoms with Crippen molar-refractivity contribution < 1.29 is 28.9 Å². The zero-order chi connectivity index (χ0) is 24.1. The number of benzene rings is 1. The molecule has 0 unspecified atom stereocenters. The summed E-state index contributed by atoms with van der Waals surface area (Å²) in [5, 5.41) is 12.3. The van der Waals surface area contributed by atoms with Gasteiger partial charge in [-0.05, 0) is 24.5 Å². The molecule has 0 spiro atoms. The van der Waals surface area contributed by atoms with Gasteiger partial charge < -0.3 is 39.8 Å². The van der Waals surface area contributed by atoms with Crippen molar-refractivity contribution in [3.05, 3.63) is 28.6 Å². The lowest BCUT2D eigenvalue weighted by molar-refractivity contribution is -0.122. The smallest absolute Gasteiger partial charge is 0.407 e. The van der Waals surface area contributed by atoms with Crippen molar-refractivity contribution in [2.45, 2.75) is 19.4 Å². The standard InChI is InChI=1S/C22H30N4O7/c1-13-6-16(11-26(10-13)22(29)30)31-4-5-32-17-9-15(23)7-14-8-18(33-12-19(27)24-2)21(28)25(3)20(14)17/h7-9,13,16H,4-6,10-12,23H2,1-3H3,(H,24,27)(H,29,30)/t13-,16+/m0/s1. The van der Waals surface area contributed by atoms with Gasteiger partial charge in [0.25, 0.3) is 11.5 Å². The van der Waals surface area contributed by atoms with Gasteiger partial charge in [-0.15, -0.1) is 0 Å². The van der Waals surface area contributed by atoms with Crippen molar-refractivity contribution in [1.82, 2.24) is 14.8 Å². The molecule has 1 aromatic heterocycles. The summed E-state index contributed by atoms with van der Waals surface area (Å²) in [6, 6.07) is 4.85. The summed E-state index contributed by atoms with van der Waals surface area (Å²) in [4.78, 5) is 36.8. The fourth-order valence-electron chi connectivity index (χ4n) is 3.96. The van der Waals surface area contributed by atoms with Crippen molar-refractivity contribution in [2.75, 3.05) is 45.7 Å². The first-order chi connectivity index (χ1) is 15.7. The number of nitrogens with one attached hydrogen (secondary N) is 1. The lowest BCUT2D eigenvalue weighted by Crippen LogP contribution is -2.46. The van der Waals surface area contributed by atoms with E-state index in [1.54, 1.807) is 19.2 Å². The number of ether oxygens (including phenoxy) is 3. The minimum atomic E-state index is -0.947. The molecule has 3 rings (SSSR count). The second kappa shape index (κ2) is 10.4. The Morgan fingerprint density at radius 2 is 1.94 bits per heavy atom. The number of carboxylic acid groups (broad SMARTS) is 1. The van der Waals surface area contributed by atoms with E-state index in [0.717, 1.165) is 6.42 Å². The summed E-state index contributed by atoms with van der Waals surface area (Å²) in [5.41, 5.74) is 6.58. The highest BCUT2D eigenvalue weighted by Gasteiger charge is 2.28. The lowest BCUT2D eigenvalue weighted by Gasteiger charge is -2.34. The van der Waals surface area contributed by atoms with Crippen LogP contribution in [0.3, 0.4) is 0 Å². The summed E-state index contributed by atoms with van der Waals surface area (Å²) < 4.78 is 18.5. The predicted octanol–water partition coefficient (Wildman–Crippen LogP) is 1.03. The van der Waals surface area contributed by atoms with Gasteiger partial charge in [0.2, 0.25) is 0 Å². The van der Waals surface area contributed by atoms with Crippen LogP contribution in [0.1, 0.15) is 13.3 Å². The maximum Gasteiger partial charge on any atom is 0.407 e. The largest absolute Gasteiger partial charge is 0.489 e. The van der Waals surface area contributed by atoms with Gasteiger partial charge in [0.1, 0.15) is 12.4 Å². The summed E-state index contributed by atoms with van der Waals surface area (Å²) in [6.45, 7) is 2.99. The third-order valence-electron chi connectivity index (χ3n) is 5.49. The number of nitrogens with zero attached hydrogens (tertiary/aromatic N) is 2. The molecule has 180 valence electrons. The number of nitrogens with two attached hydrogens (primary N) is 1. The molecule has 2 atom stereocenters. The molecule has 11 nitrogen and oxygen atoms in total. The van der Waals surface area contributed by atoms with Crippen LogP contribution in [0.2, 0.25) is 0 Å². The Labute approximate surface area is 191 Å². The Morgan fingerprint density at radius 1 is 1.18 bits per heavy atom. The molecule has 33 heavy (non-hydrogen) atoms. The Balaban J connectivity index is 1.70. The van der Waals surface area contributed by atoms with Crippen molar-refractivity contribution in [3.8, 4) is 11.5 Å². The molecule has 1 saturated heterocycles. The van der Waals surface area contributed by atoms with Crippen LogP contribution < -0.4 is 26.1 Å². The fourth-order valence-corrected chi connectivity index (χ4v) is 3.96. The van der Waals surface area contributed by atoms with Gasteiger partial charge in [0.05, 0.1) is 24.8 Å². The van der Waals surface area contributed by atoms with Crippen LogP contribution in [0.5, 0.6) is 11.5 Å². The van der Waals surface area contributed by atoms with Crippen LogP contribution in [0.15, 0.2) is 23.0 Å². The number of anilines is 1. The number of carbonyl (C=O) groups excluding carboxylic acids is 1. The third kappa shape index (κ3) is 5.86. The van der Waals surface area contributed by atoms with E-state index in [-0.39, 0.29) is 43.5 Å². The van der Waals surface area contributed by atoms with E-state index in [9.17, 15) is 19.5 Å². The van der Waals surface area contributed by atoms with Crippen molar-refractivity contribution in [2.24, 2.45) is 13.0 Å². The summed E-state index contributed by atoms with van der Waals surface area (Å²) in [7, 11) is 3.07. The molecular weight excluding hydrogens is 432 g/mol.